The van der Waals surface area contributed by atoms with Gasteiger partial charge in [-0.15, -0.1) is 0 Å². The van der Waals surface area contributed by atoms with Crippen LogP contribution in [0.3, 0.4) is 0 Å². The summed E-state index contributed by atoms with van der Waals surface area (Å²) in [6.45, 7) is 3.86. The molecule has 1 unspecified atom stereocenters. The molecule has 1 aliphatic carbocycles. The van der Waals surface area contributed by atoms with Crippen LogP contribution in [0.15, 0.2) is 42.7 Å². The fourth-order valence-corrected chi connectivity index (χ4v) is 8.97. The third-order valence-electron chi connectivity index (χ3n) is 11.9. The highest BCUT2D eigenvalue weighted by atomic mass is 35.5. The Balaban J connectivity index is 0.784. The number of imide groups is 2. The number of fused-ring (bicyclic) bond motifs is 2. The van der Waals surface area contributed by atoms with Crippen LogP contribution in [0, 0.1) is 17.2 Å². The number of aromatic nitrogens is 2. The number of hydrogen-bond donors (Lipinski definition) is 2. The maximum Gasteiger partial charge on any atom is 0.262 e. The number of rotatable bonds is 8. The lowest BCUT2D eigenvalue weighted by Gasteiger charge is -2.36. The smallest absolute Gasteiger partial charge is 0.262 e. The van der Waals surface area contributed by atoms with Crippen LogP contribution in [-0.2, 0) is 22.7 Å². The van der Waals surface area contributed by atoms with Crippen molar-refractivity contribution >= 4 is 52.8 Å². The standard InChI is InChI=1S/C40H42ClN9O5/c1-47(30-5-2-24(17-42)33(41)16-30)29-6-3-28(4-7-29)45-36(52)27-18-43-40(44-19-27)49-12-10-23(11-13-49)20-48-21-25-14-31-32(15-26(25)22-48)39(55)50(38(31)54)34-8-9-35(51)46-37(34)53/h2,5,14-16,18-19,23,28-29,34H,3-4,6-13,20-22H2,1H3,(H,45,52)(H,46,51,53)/t28-,29-,34?. The predicted octanol–water partition coefficient (Wildman–Crippen LogP) is 3.81. The topological polar surface area (TPSA) is 172 Å². The molecule has 5 amide bonds. The third kappa shape index (κ3) is 7.26. The number of nitrogens with one attached hydrogen (secondary N) is 2. The highest BCUT2D eigenvalue weighted by molar-refractivity contribution is 6.32. The quantitative estimate of drug-likeness (QED) is 0.320. The van der Waals surface area contributed by atoms with Crippen LogP contribution in [-0.4, -0.2) is 94.1 Å². The lowest BCUT2D eigenvalue weighted by molar-refractivity contribution is -0.136. The van der Waals surface area contributed by atoms with Crippen LogP contribution >= 0.6 is 11.6 Å². The maximum absolute atomic E-state index is 13.3. The summed E-state index contributed by atoms with van der Waals surface area (Å²) in [5.74, 6) is -1.04. The van der Waals surface area contributed by atoms with Crippen LogP contribution in [0.4, 0.5) is 11.6 Å². The number of anilines is 2. The van der Waals surface area contributed by atoms with Crippen molar-refractivity contribution in [3.05, 3.63) is 81.1 Å². The maximum atomic E-state index is 13.3. The summed E-state index contributed by atoms with van der Waals surface area (Å²) in [5, 5.41) is 15.0. The lowest BCUT2D eigenvalue weighted by Crippen LogP contribution is -2.54. The molecule has 284 valence electrons. The first-order valence-corrected chi connectivity index (χ1v) is 19.3. The van der Waals surface area contributed by atoms with E-state index in [1.165, 1.54) is 0 Å². The van der Waals surface area contributed by atoms with Gasteiger partial charge in [0.1, 0.15) is 12.1 Å². The molecule has 8 rings (SSSR count). The monoisotopic (exact) mass is 763 g/mol. The third-order valence-corrected chi connectivity index (χ3v) is 12.2. The van der Waals surface area contributed by atoms with Gasteiger partial charge in [-0.05, 0) is 92.3 Å². The molecule has 2 N–H and O–H groups in total. The zero-order valence-electron chi connectivity index (χ0n) is 30.6. The SMILES string of the molecule is CN(c1ccc(C#N)c(Cl)c1)[C@H]1CC[C@H](NC(=O)c2cnc(N3CCC(CN4Cc5cc6c(cc5C4)C(=O)N(C4CCC(=O)NC4=O)C6=O)CC3)nc2)CC1. The first-order valence-electron chi connectivity index (χ1n) is 19.0. The fourth-order valence-electron chi connectivity index (χ4n) is 8.75. The number of carbonyl (C=O) groups is 5. The molecule has 0 radical (unpaired) electrons. The second-order valence-corrected chi connectivity index (χ2v) is 15.8. The number of nitriles is 1. The Labute approximate surface area is 323 Å². The van der Waals surface area contributed by atoms with E-state index in [2.05, 4.69) is 41.4 Å². The van der Waals surface area contributed by atoms with E-state index in [-0.39, 0.29) is 24.8 Å². The van der Waals surface area contributed by atoms with Crippen molar-refractivity contribution in [2.45, 2.75) is 82.6 Å². The molecule has 0 spiro atoms. The number of amides is 5. The van der Waals surface area contributed by atoms with E-state index >= 15 is 0 Å². The van der Waals surface area contributed by atoms with Gasteiger partial charge in [0, 0.05) is 76.4 Å². The van der Waals surface area contributed by atoms with Gasteiger partial charge in [-0.1, -0.05) is 11.6 Å². The van der Waals surface area contributed by atoms with Gasteiger partial charge >= 0.3 is 0 Å². The Bertz CT molecular complexity index is 2060. The van der Waals surface area contributed by atoms with Gasteiger partial charge in [0.15, 0.2) is 0 Å². The number of benzene rings is 2. The second kappa shape index (κ2) is 15.0. The molecule has 0 bridgehead atoms. The van der Waals surface area contributed by atoms with E-state index in [9.17, 15) is 24.0 Å². The zero-order chi connectivity index (χ0) is 38.4. The van der Waals surface area contributed by atoms with Crippen LogP contribution in [0.1, 0.15) is 99.1 Å². The molecular weight excluding hydrogens is 722 g/mol. The molecule has 5 heterocycles. The van der Waals surface area contributed by atoms with Crippen molar-refractivity contribution in [1.82, 2.24) is 30.4 Å². The Hall–Kier alpha value is -5.39. The fraction of sp³-hybridized carbons (Fsp3) is 0.450. The minimum Gasteiger partial charge on any atom is -0.372 e. The number of hydrogen-bond acceptors (Lipinski definition) is 11. The van der Waals surface area contributed by atoms with Crippen LogP contribution in [0.25, 0.3) is 0 Å². The van der Waals surface area contributed by atoms with Crippen molar-refractivity contribution in [1.29, 1.82) is 5.26 Å². The lowest BCUT2D eigenvalue weighted by atomic mass is 9.90. The Kier molecular flexibility index (Phi) is 10.00. The van der Waals surface area contributed by atoms with Gasteiger partial charge in [0.25, 0.3) is 17.7 Å². The minimum atomic E-state index is -0.969. The predicted molar refractivity (Wildman–Crippen MR) is 202 cm³/mol. The summed E-state index contributed by atoms with van der Waals surface area (Å²) in [6, 6.07) is 10.6. The first kappa shape index (κ1) is 36.6. The highest BCUT2D eigenvalue weighted by Gasteiger charge is 2.45. The number of nitrogens with zero attached hydrogens (tertiary/aromatic N) is 7. The summed E-state index contributed by atoms with van der Waals surface area (Å²) in [4.78, 5) is 80.5. The van der Waals surface area contributed by atoms with Gasteiger partial charge in [-0.25, -0.2) is 9.97 Å². The largest absolute Gasteiger partial charge is 0.372 e. The van der Waals surface area contributed by atoms with Gasteiger partial charge in [-0.3, -0.25) is 39.1 Å². The van der Waals surface area contributed by atoms with Crippen molar-refractivity contribution < 1.29 is 24.0 Å². The molecule has 15 heteroatoms. The Morgan fingerprint density at radius 2 is 1.60 bits per heavy atom. The molecule has 1 saturated carbocycles. The average molecular weight is 764 g/mol. The van der Waals surface area contributed by atoms with Gasteiger partial charge in [0.2, 0.25) is 17.8 Å². The van der Waals surface area contributed by atoms with E-state index < -0.39 is 29.7 Å². The summed E-state index contributed by atoms with van der Waals surface area (Å²) in [6.07, 6.45) is 8.92. The van der Waals surface area contributed by atoms with Crippen molar-refractivity contribution in [2.24, 2.45) is 5.92 Å². The summed E-state index contributed by atoms with van der Waals surface area (Å²) in [5.41, 5.74) is 4.57. The minimum absolute atomic E-state index is 0.0741. The van der Waals surface area contributed by atoms with E-state index in [1.807, 2.05) is 31.3 Å². The van der Waals surface area contributed by atoms with Crippen molar-refractivity contribution in [3.8, 4) is 6.07 Å². The first-order chi connectivity index (χ1) is 26.6. The van der Waals surface area contributed by atoms with Crippen LogP contribution in [0.2, 0.25) is 5.02 Å². The molecule has 2 aromatic carbocycles. The van der Waals surface area contributed by atoms with Crippen molar-refractivity contribution in [2.75, 3.05) is 36.5 Å². The number of carbonyl (C=O) groups excluding carboxylic acids is 5. The van der Waals surface area contributed by atoms with E-state index in [4.69, 9.17) is 16.9 Å². The summed E-state index contributed by atoms with van der Waals surface area (Å²) < 4.78 is 0. The van der Waals surface area contributed by atoms with Crippen LogP contribution in [0.5, 0.6) is 0 Å². The molecule has 2 saturated heterocycles. The Morgan fingerprint density at radius 3 is 2.20 bits per heavy atom. The zero-order valence-corrected chi connectivity index (χ0v) is 31.3. The second-order valence-electron chi connectivity index (χ2n) is 15.4. The molecule has 4 aliphatic heterocycles. The molecule has 3 fully saturated rings. The molecule has 5 aliphatic rings. The molecule has 1 atom stereocenters. The van der Waals surface area contributed by atoms with E-state index in [0.29, 0.717) is 58.3 Å². The van der Waals surface area contributed by atoms with Gasteiger partial charge in [0.05, 0.1) is 27.3 Å². The molecule has 14 nitrogen and oxygen atoms in total. The van der Waals surface area contributed by atoms with Crippen molar-refractivity contribution in [3.63, 3.8) is 0 Å². The van der Waals surface area contributed by atoms with Crippen LogP contribution < -0.4 is 20.4 Å². The normalized spacial score (nSPS) is 23.0. The number of halogens is 1. The highest BCUT2D eigenvalue weighted by Crippen LogP contribution is 2.35. The number of piperidine rings is 2. The van der Waals surface area contributed by atoms with E-state index in [0.717, 1.165) is 79.9 Å². The van der Waals surface area contributed by atoms with E-state index in [1.54, 1.807) is 18.5 Å². The van der Waals surface area contributed by atoms with Gasteiger partial charge in [-0.2, -0.15) is 5.26 Å². The summed E-state index contributed by atoms with van der Waals surface area (Å²) >= 11 is 6.26. The summed E-state index contributed by atoms with van der Waals surface area (Å²) in [7, 11) is 2.04. The molecule has 55 heavy (non-hydrogen) atoms. The average Bonchev–Trinajstić information content (AvgIpc) is 3.69. The van der Waals surface area contributed by atoms with Gasteiger partial charge < -0.3 is 15.1 Å². The molecule has 1 aromatic heterocycles. The Morgan fingerprint density at radius 1 is 0.945 bits per heavy atom. The molecule has 3 aromatic rings. The molecular formula is C40H42ClN9O5.